The van der Waals surface area contributed by atoms with Crippen LogP contribution in [0.4, 0.5) is 0 Å². The first-order valence-corrected chi connectivity index (χ1v) is 11.1. The third kappa shape index (κ3) is 6.85. The van der Waals surface area contributed by atoms with Crippen molar-refractivity contribution < 1.29 is 19.0 Å². The van der Waals surface area contributed by atoms with Crippen LogP contribution in [0.3, 0.4) is 0 Å². The fraction of sp³-hybridized carbons (Fsp3) is 0.500. The molecule has 1 unspecified atom stereocenters. The van der Waals surface area contributed by atoms with Gasteiger partial charge in [0.1, 0.15) is 9.88 Å². The number of ether oxygens (including phenoxy) is 3. The van der Waals surface area contributed by atoms with Crippen molar-refractivity contribution in [1.29, 1.82) is 0 Å². The molecule has 8 nitrogen and oxygen atoms in total. The highest BCUT2D eigenvalue weighted by atomic mass is 32.1. The van der Waals surface area contributed by atoms with Crippen LogP contribution in [0.5, 0.6) is 11.5 Å². The maximum absolute atomic E-state index is 12.0. The zero-order chi connectivity index (χ0) is 22.8. The second-order valence-electron chi connectivity index (χ2n) is 6.85. The smallest absolute Gasteiger partial charge is 0.350 e. The van der Waals surface area contributed by atoms with Crippen molar-refractivity contribution in [3.63, 3.8) is 0 Å². The standard InChI is InChI=1S/C22H32N4O4S/c1-7-30-21(27)19-14(2)25-20(31-19)15(3)26-22(23-4)24-12-8-9-16-10-11-17(28-5)18(13-16)29-6/h10-11,13,15H,7-9,12H2,1-6H3,(H2,23,24,26). The number of rotatable bonds is 10. The lowest BCUT2D eigenvalue weighted by Gasteiger charge is -2.16. The minimum absolute atomic E-state index is 0.0936. The summed E-state index contributed by atoms with van der Waals surface area (Å²) in [6, 6.07) is 5.87. The Hall–Kier alpha value is -2.81. The molecular formula is C22H32N4O4S. The number of carbonyl (C=O) groups excluding carboxylic acids is 1. The van der Waals surface area contributed by atoms with E-state index in [9.17, 15) is 4.79 Å². The van der Waals surface area contributed by atoms with E-state index in [4.69, 9.17) is 14.2 Å². The summed E-state index contributed by atoms with van der Waals surface area (Å²) in [6.07, 6.45) is 1.82. The van der Waals surface area contributed by atoms with Crippen molar-refractivity contribution in [1.82, 2.24) is 15.6 Å². The molecule has 0 saturated carbocycles. The van der Waals surface area contributed by atoms with Gasteiger partial charge in [0.15, 0.2) is 17.5 Å². The van der Waals surface area contributed by atoms with Gasteiger partial charge in [-0.25, -0.2) is 9.78 Å². The van der Waals surface area contributed by atoms with Crippen molar-refractivity contribution in [2.45, 2.75) is 39.7 Å². The molecule has 1 heterocycles. The van der Waals surface area contributed by atoms with Crippen LogP contribution in [0.25, 0.3) is 0 Å². The lowest BCUT2D eigenvalue weighted by molar-refractivity contribution is 0.0531. The van der Waals surface area contributed by atoms with Crippen molar-refractivity contribution in [2.75, 3.05) is 34.4 Å². The summed E-state index contributed by atoms with van der Waals surface area (Å²) < 4.78 is 15.7. The topological polar surface area (TPSA) is 94.1 Å². The SMILES string of the molecule is CCOC(=O)c1sc(C(C)NC(=NC)NCCCc2ccc(OC)c(OC)c2)nc1C. The van der Waals surface area contributed by atoms with Gasteiger partial charge in [-0.3, -0.25) is 4.99 Å². The Kier molecular flexibility index (Phi) is 9.58. The zero-order valence-corrected chi connectivity index (χ0v) is 19.9. The van der Waals surface area contributed by atoms with Crippen molar-refractivity contribution in [3.8, 4) is 11.5 Å². The number of hydrogen-bond donors (Lipinski definition) is 2. The molecule has 0 radical (unpaired) electrons. The molecule has 0 spiro atoms. The Morgan fingerprint density at radius 2 is 2.00 bits per heavy atom. The van der Waals surface area contributed by atoms with Crippen LogP contribution in [-0.4, -0.2) is 51.3 Å². The molecule has 0 bridgehead atoms. The lowest BCUT2D eigenvalue weighted by Crippen LogP contribution is -2.39. The maximum atomic E-state index is 12.0. The van der Waals surface area contributed by atoms with E-state index in [1.54, 1.807) is 28.2 Å². The number of methoxy groups -OCH3 is 2. The molecule has 0 aliphatic rings. The summed E-state index contributed by atoms with van der Waals surface area (Å²) in [7, 11) is 5.00. The highest BCUT2D eigenvalue weighted by Crippen LogP contribution is 2.28. The monoisotopic (exact) mass is 448 g/mol. The van der Waals surface area contributed by atoms with Gasteiger partial charge in [-0.2, -0.15) is 0 Å². The third-order valence-corrected chi connectivity index (χ3v) is 5.92. The first-order valence-electron chi connectivity index (χ1n) is 10.3. The molecule has 1 aromatic carbocycles. The highest BCUT2D eigenvalue weighted by molar-refractivity contribution is 7.13. The van der Waals surface area contributed by atoms with Gasteiger partial charge in [0.05, 0.1) is 32.6 Å². The summed E-state index contributed by atoms with van der Waals surface area (Å²) in [6.45, 7) is 6.70. The van der Waals surface area contributed by atoms with Crippen molar-refractivity contribution in [2.24, 2.45) is 4.99 Å². The summed E-state index contributed by atoms with van der Waals surface area (Å²) in [5, 5.41) is 7.46. The number of carbonyl (C=O) groups is 1. The quantitative estimate of drug-likeness (QED) is 0.249. The summed E-state index contributed by atoms with van der Waals surface area (Å²) in [4.78, 5) is 21.4. The van der Waals surface area contributed by atoms with E-state index in [0.717, 1.165) is 35.9 Å². The van der Waals surface area contributed by atoms with Crippen molar-refractivity contribution >= 4 is 23.3 Å². The number of benzene rings is 1. The summed E-state index contributed by atoms with van der Waals surface area (Å²) in [5.74, 6) is 1.82. The van der Waals surface area contributed by atoms with E-state index in [0.29, 0.717) is 23.1 Å². The second kappa shape index (κ2) is 12.1. The minimum Gasteiger partial charge on any atom is -0.493 e. The van der Waals surface area contributed by atoms with E-state index in [1.165, 1.54) is 16.9 Å². The average Bonchev–Trinajstić information content (AvgIpc) is 3.17. The van der Waals surface area contributed by atoms with E-state index < -0.39 is 0 Å². The predicted molar refractivity (Wildman–Crippen MR) is 124 cm³/mol. The molecule has 0 aliphatic heterocycles. The molecule has 0 aliphatic carbocycles. The highest BCUT2D eigenvalue weighted by Gasteiger charge is 2.20. The fourth-order valence-electron chi connectivity index (χ4n) is 2.99. The average molecular weight is 449 g/mol. The molecule has 170 valence electrons. The number of esters is 1. The Balaban J connectivity index is 1.86. The number of nitrogens with zero attached hydrogens (tertiary/aromatic N) is 2. The molecule has 0 fully saturated rings. The van der Waals surface area contributed by atoms with Crippen LogP contribution in [0.2, 0.25) is 0 Å². The number of nitrogens with one attached hydrogen (secondary N) is 2. The Morgan fingerprint density at radius 1 is 1.26 bits per heavy atom. The first-order chi connectivity index (χ1) is 14.9. The molecule has 2 rings (SSSR count). The predicted octanol–water partition coefficient (Wildman–Crippen LogP) is 3.50. The molecule has 2 N–H and O–H groups in total. The van der Waals surface area contributed by atoms with Gasteiger partial charge in [-0.1, -0.05) is 6.07 Å². The molecule has 1 atom stereocenters. The minimum atomic E-state index is -0.325. The number of aryl methyl sites for hydroxylation is 2. The van der Waals surface area contributed by atoms with Gasteiger partial charge in [0.25, 0.3) is 0 Å². The molecule has 31 heavy (non-hydrogen) atoms. The summed E-state index contributed by atoms with van der Waals surface area (Å²) >= 11 is 1.35. The summed E-state index contributed by atoms with van der Waals surface area (Å²) in [5.41, 5.74) is 1.87. The number of aliphatic imine (C=N–C) groups is 1. The Labute approximate surface area is 188 Å². The molecule has 1 aromatic heterocycles. The van der Waals surface area contributed by atoms with Gasteiger partial charge in [0.2, 0.25) is 0 Å². The third-order valence-electron chi connectivity index (χ3n) is 4.60. The number of hydrogen-bond acceptors (Lipinski definition) is 7. The van der Waals surface area contributed by atoms with Gasteiger partial charge >= 0.3 is 5.97 Å². The number of thiazole rings is 1. The largest absolute Gasteiger partial charge is 0.493 e. The normalized spacial score (nSPS) is 12.3. The molecule has 0 saturated heterocycles. The van der Waals surface area contributed by atoms with Gasteiger partial charge in [0, 0.05) is 13.6 Å². The lowest BCUT2D eigenvalue weighted by atomic mass is 10.1. The van der Waals surface area contributed by atoms with E-state index in [-0.39, 0.29) is 12.0 Å². The fourth-order valence-corrected chi connectivity index (χ4v) is 3.95. The molecule has 2 aromatic rings. The van der Waals surface area contributed by atoms with Crippen LogP contribution in [0.1, 0.15) is 52.2 Å². The van der Waals surface area contributed by atoms with Gasteiger partial charge in [-0.15, -0.1) is 11.3 Å². The molecule has 9 heteroatoms. The zero-order valence-electron chi connectivity index (χ0n) is 19.1. The van der Waals surface area contributed by atoms with E-state index in [2.05, 4.69) is 20.6 Å². The number of aromatic nitrogens is 1. The first kappa shape index (κ1) is 24.5. The van der Waals surface area contributed by atoms with E-state index >= 15 is 0 Å². The van der Waals surface area contributed by atoms with Crippen LogP contribution >= 0.6 is 11.3 Å². The van der Waals surface area contributed by atoms with Crippen LogP contribution in [0, 0.1) is 6.92 Å². The van der Waals surface area contributed by atoms with Crippen LogP contribution in [-0.2, 0) is 11.2 Å². The molecular weight excluding hydrogens is 416 g/mol. The maximum Gasteiger partial charge on any atom is 0.350 e. The molecule has 0 amide bonds. The Morgan fingerprint density at radius 3 is 2.65 bits per heavy atom. The van der Waals surface area contributed by atoms with Gasteiger partial charge < -0.3 is 24.8 Å². The van der Waals surface area contributed by atoms with Gasteiger partial charge in [-0.05, 0) is 51.3 Å². The van der Waals surface area contributed by atoms with E-state index in [1.807, 2.05) is 32.0 Å². The van der Waals surface area contributed by atoms with Crippen molar-refractivity contribution in [3.05, 3.63) is 39.3 Å². The Bertz CT molecular complexity index is 898. The van der Waals surface area contributed by atoms with Crippen LogP contribution in [0.15, 0.2) is 23.2 Å². The number of guanidine groups is 1. The second-order valence-corrected chi connectivity index (χ2v) is 7.88. The van der Waals surface area contributed by atoms with Crippen LogP contribution < -0.4 is 20.1 Å².